The summed E-state index contributed by atoms with van der Waals surface area (Å²) in [6, 6.07) is 10.5. The van der Waals surface area contributed by atoms with Crippen LogP contribution < -0.4 is 9.91 Å². The van der Waals surface area contributed by atoms with Gasteiger partial charge < -0.3 is 14.7 Å². The van der Waals surface area contributed by atoms with Crippen LogP contribution >= 0.6 is 0 Å². The van der Waals surface area contributed by atoms with Crippen molar-refractivity contribution in [1.29, 1.82) is 0 Å². The second kappa shape index (κ2) is 7.82. The van der Waals surface area contributed by atoms with Gasteiger partial charge in [-0.05, 0) is 43.2 Å². The average molecular weight is 407 g/mol. The van der Waals surface area contributed by atoms with Crippen LogP contribution in [0.3, 0.4) is 0 Å². The van der Waals surface area contributed by atoms with Crippen molar-refractivity contribution in [2.24, 2.45) is 5.10 Å². The number of phenolic OH excluding ortho intramolecular Hbond substituents is 1. The second-order valence-electron chi connectivity index (χ2n) is 7.83. The van der Waals surface area contributed by atoms with E-state index in [1.54, 1.807) is 24.3 Å². The molecule has 7 heteroatoms. The number of anilines is 2. The Kier molecular flexibility index (Phi) is 5.20. The predicted octanol–water partition coefficient (Wildman–Crippen LogP) is 4.00. The fourth-order valence-corrected chi connectivity index (χ4v) is 3.81. The normalized spacial score (nSPS) is 17.8. The maximum absolute atomic E-state index is 12.7. The molecule has 156 valence electrons. The van der Waals surface area contributed by atoms with Crippen LogP contribution in [0.1, 0.15) is 60.2 Å². The first-order valence-corrected chi connectivity index (χ1v) is 10.1. The third-order valence-corrected chi connectivity index (χ3v) is 5.50. The second-order valence-corrected chi connectivity index (χ2v) is 7.83. The van der Waals surface area contributed by atoms with E-state index in [9.17, 15) is 14.7 Å². The molecular weight excluding hydrogens is 382 g/mol. The molecule has 0 aromatic heterocycles. The summed E-state index contributed by atoms with van der Waals surface area (Å²) >= 11 is 0. The van der Waals surface area contributed by atoms with Crippen molar-refractivity contribution < 1.29 is 19.4 Å². The summed E-state index contributed by atoms with van der Waals surface area (Å²) in [5.74, 6) is -0.501. The number of hydrazone groups is 1. The highest BCUT2D eigenvalue weighted by molar-refractivity contribution is 6.20. The molecule has 1 atom stereocenters. The van der Waals surface area contributed by atoms with Gasteiger partial charge in [0.2, 0.25) is 0 Å². The highest BCUT2D eigenvalue weighted by Gasteiger charge is 2.33. The Bertz CT molecular complexity index is 1040. The molecule has 0 fully saturated rings. The fraction of sp³-hybridized carbons (Fsp3) is 0.348. The van der Waals surface area contributed by atoms with E-state index in [1.165, 1.54) is 5.01 Å². The predicted molar refractivity (Wildman–Crippen MR) is 115 cm³/mol. The molecule has 1 amide bonds. The molecule has 1 N–H and O–H groups in total. The van der Waals surface area contributed by atoms with Gasteiger partial charge in [-0.3, -0.25) is 4.79 Å². The summed E-state index contributed by atoms with van der Waals surface area (Å²) in [6.07, 6.45) is 2.66. The molecule has 7 nitrogen and oxygen atoms in total. The Morgan fingerprint density at radius 1 is 1.17 bits per heavy atom. The van der Waals surface area contributed by atoms with E-state index >= 15 is 0 Å². The van der Waals surface area contributed by atoms with E-state index in [0.29, 0.717) is 22.5 Å². The molecule has 0 spiro atoms. The van der Waals surface area contributed by atoms with Crippen LogP contribution in [0.4, 0.5) is 11.4 Å². The molecular formula is C23H25N3O4. The number of nitrogens with zero attached hydrogens (tertiary/aromatic N) is 3. The number of amides is 1. The molecule has 2 aromatic carbocycles. The zero-order valence-electron chi connectivity index (χ0n) is 17.4. The van der Waals surface area contributed by atoms with Gasteiger partial charge in [0.15, 0.2) is 0 Å². The number of hydrogen-bond donors (Lipinski definition) is 1. The zero-order chi connectivity index (χ0) is 21.4. The standard InChI is InChI=1S/C23H25N3O4/c1-4-5-6-21-16-9-7-15(12-17(16)23(29)30-21)26-22(28)13-19(24-26)18-11-14(25(2)3)8-10-20(18)27/h7-12,21,27H,4-6,13H2,1-3H3. The number of rotatable bonds is 6. The van der Waals surface area contributed by atoms with E-state index in [4.69, 9.17) is 4.74 Å². The molecule has 2 aliphatic rings. The summed E-state index contributed by atoms with van der Waals surface area (Å²) in [4.78, 5) is 26.9. The Hall–Kier alpha value is -3.35. The van der Waals surface area contributed by atoms with Crippen molar-refractivity contribution in [3.05, 3.63) is 53.1 Å². The Balaban J connectivity index is 1.65. The Morgan fingerprint density at radius 2 is 1.97 bits per heavy atom. The molecule has 2 heterocycles. The topological polar surface area (TPSA) is 82.4 Å². The molecule has 0 aliphatic carbocycles. The first-order valence-electron chi connectivity index (χ1n) is 10.1. The molecule has 1 unspecified atom stereocenters. The van der Waals surface area contributed by atoms with E-state index in [1.807, 2.05) is 31.1 Å². The number of benzene rings is 2. The molecule has 0 saturated heterocycles. The zero-order valence-corrected chi connectivity index (χ0v) is 17.4. The minimum atomic E-state index is -0.361. The minimum Gasteiger partial charge on any atom is -0.507 e. The van der Waals surface area contributed by atoms with Crippen LogP contribution in [0.2, 0.25) is 0 Å². The van der Waals surface area contributed by atoms with Crippen LogP contribution in [0, 0.1) is 0 Å². The van der Waals surface area contributed by atoms with Crippen LogP contribution in [0.15, 0.2) is 41.5 Å². The van der Waals surface area contributed by atoms with Gasteiger partial charge in [0.1, 0.15) is 11.9 Å². The van der Waals surface area contributed by atoms with Crippen LogP contribution in [0.25, 0.3) is 0 Å². The molecule has 0 bridgehead atoms. The first kappa shape index (κ1) is 19.9. The number of fused-ring (bicyclic) bond motifs is 1. The van der Waals surface area contributed by atoms with Crippen LogP contribution in [-0.2, 0) is 9.53 Å². The summed E-state index contributed by atoms with van der Waals surface area (Å²) in [5, 5.41) is 16.0. The lowest BCUT2D eigenvalue weighted by molar-refractivity contribution is -0.116. The number of aromatic hydroxyl groups is 1. The molecule has 2 aliphatic heterocycles. The highest BCUT2D eigenvalue weighted by Crippen LogP contribution is 2.37. The third-order valence-electron chi connectivity index (χ3n) is 5.50. The number of ether oxygens (including phenoxy) is 1. The molecule has 0 radical (unpaired) electrons. The molecule has 30 heavy (non-hydrogen) atoms. The summed E-state index contributed by atoms with van der Waals surface area (Å²) < 4.78 is 5.50. The quantitative estimate of drug-likeness (QED) is 0.732. The van der Waals surface area contributed by atoms with E-state index < -0.39 is 0 Å². The maximum Gasteiger partial charge on any atom is 0.339 e. The van der Waals surface area contributed by atoms with E-state index in [0.717, 1.165) is 30.5 Å². The molecule has 2 aromatic rings. The third kappa shape index (κ3) is 3.51. The van der Waals surface area contributed by atoms with Gasteiger partial charge in [-0.2, -0.15) is 5.10 Å². The molecule has 4 rings (SSSR count). The van der Waals surface area contributed by atoms with Crippen molar-refractivity contribution in [2.75, 3.05) is 24.0 Å². The first-order chi connectivity index (χ1) is 14.4. The van der Waals surface area contributed by atoms with Crippen LogP contribution in [0.5, 0.6) is 5.75 Å². The monoisotopic (exact) mass is 407 g/mol. The average Bonchev–Trinajstić information content (AvgIpc) is 3.26. The highest BCUT2D eigenvalue weighted by atomic mass is 16.5. The van der Waals surface area contributed by atoms with Gasteiger partial charge in [0.25, 0.3) is 5.91 Å². The smallest absolute Gasteiger partial charge is 0.339 e. The number of unbranched alkanes of at least 4 members (excludes halogenated alkanes) is 1. The van der Waals surface area contributed by atoms with Gasteiger partial charge >= 0.3 is 5.97 Å². The van der Waals surface area contributed by atoms with Gasteiger partial charge in [-0.25, -0.2) is 9.80 Å². The minimum absolute atomic E-state index is 0.0743. The number of carbonyl (C=O) groups is 2. The van der Waals surface area contributed by atoms with Crippen molar-refractivity contribution in [3.8, 4) is 5.75 Å². The SMILES string of the molecule is CCCCC1OC(=O)c2cc(N3N=C(c4cc(N(C)C)ccc4O)CC3=O)ccc21. The summed E-state index contributed by atoms with van der Waals surface area (Å²) in [7, 11) is 3.81. The number of phenols is 1. The van der Waals surface area contributed by atoms with Gasteiger partial charge in [-0.1, -0.05) is 19.4 Å². The van der Waals surface area contributed by atoms with Gasteiger partial charge in [0.05, 0.1) is 23.4 Å². The lowest BCUT2D eigenvalue weighted by Gasteiger charge is -2.14. The van der Waals surface area contributed by atoms with Crippen molar-refractivity contribution in [1.82, 2.24) is 0 Å². The van der Waals surface area contributed by atoms with Crippen molar-refractivity contribution >= 4 is 29.0 Å². The van der Waals surface area contributed by atoms with Crippen molar-refractivity contribution in [3.63, 3.8) is 0 Å². The fourth-order valence-electron chi connectivity index (χ4n) is 3.81. The lowest BCUT2D eigenvalue weighted by Crippen LogP contribution is -2.19. The Morgan fingerprint density at radius 3 is 2.70 bits per heavy atom. The summed E-state index contributed by atoms with van der Waals surface area (Å²) in [5.41, 5.74) is 3.79. The number of carbonyl (C=O) groups excluding carboxylic acids is 2. The van der Waals surface area contributed by atoms with Gasteiger partial charge in [0, 0.05) is 30.9 Å². The maximum atomic E-state index is 12.7. The summed E-state index contributed by atoms with van der Waals surface area (Å²) in [6.45, 7) is 2.10. The molecule has 0 saturated carbocycles. The largest absolute Gasteiger partial charge is 0.507 e. The van der Waals surface area contributed by atoms with Crippen LogP contribution in [-0.4, -0.2) is 36.8 Å². The number of cyclic esters (lactones) is 1. The Labute approximate surface area is 175 Å². The lowest BCUT2D eigenvalue weighted by atomic mass is 10.0. The van der Waals surface area contributed by atoms with E-state index in [2.05, 4.69) is 12.0 Å². The van der Waals surface area contributed by atoms with Gasteiger partial charge in [-0.15, -0.1) is 0 Å². The number of hydrogen-bond acceptors (Lipinski definition) is 6. The number of esters is 1. The van der Waals surface area contributed by atoms with E-state index in [-0.39, 0.29) is 30.2 Å². The van der Waals surface area contributed by atoms with Crippen molar-refractivity contribution in [2.45, 2.75) is 38.7 Å².